The van der Waals surface area contributed by atoms with Gasteiger partial charge in [0.15, 0.2) is 5.82 Å². The van der Waals surface area contributed by atoms with Crippen molar-refractivity contribution in [3.63, 3.8) is 0 Å². The highest BCUT2D eigenvalue weighted by Crippen LogP contribution is 2.28. The zero-order valence-electron chi connectivity index (χ0n) is 12.4. The summed E-state index contributed by atoms with van der Waals surface area (Å²) in [5, 5.41) is 3.99. The lowest BCUT2D eigenvalue weighted by Crippen LogP contribution is -2.28. The summed E-state index contributed by atoms with van der Waals surface area (Å²) in [5.74, 6) is 1.16. The van der Waals surface area contributed by atoms with Gasteiger partial charge in [0.05, 0.1) is 13.1 Å². The van der Waals surface area contributed by atoms with E-state index in [9.17, 15) is 0 Å². The highest BCUT2D eigenvalue weighted by Gasteiger charge is 2.19. The number of nitrogens with zero attached hydrogens (tertiary/aromatic N) is 3. The number of hydrogen-bond acceptors (Lipinski definition) is 5. The average molecular weight is 353 g/mol. The summed E-state index contributed by atoms with van der Waals surface area (Å²) in [7, 11) is 0. The van der Waals surface area contributed by atoms with Crippen LogP contribution in [0.1, 0.15) is 43.6 Å². The minimum atomic E-state index is 0.264. The van der Waals surface area contributed by atoms with Crippen molar-refractivity contribution < 1.29 is 4.52 Å². The van der Waals surface area contributed by atoms with Crippen LogP contribution in [-0.4, -0.2) is 21.6 Å². The first-order valence-electron chi connectivity index (χ1n) is 7.15. The third-order valence-electron chi connectivity index (χ3n) is 3.44. The molecular weight excluding hydrogens is 332 g/mol. The molecule has 0 saturated heterocycles. The van der Waals surface area contributed by atoms with Gasteiger partial charge in [-0.1, -0.05) is 46.2 Å². The highest BCUT2D eigenvalue weighted by atomic mass is 79.9. The van der Waals surface area contributed by atoms with E-state index in [1.165, 1.54) is 5.56 Å². The van der Waals surface area contributed by atoms with Crippen LogP contribution in [0.2, 0.25) is 0 Å². The molecule has 1 atom stereocenters. The molecule has 1 heterocycles. The Kier molecular flexibility index (Phi) is 5.90. The number of rotatable bonds is 7. The number of nitrogens with two attached hydrogens (primary N) is 1. The molecule has 0 amide bonds. The highest BCUT2D eigenvalue weighted by molar-refractivity contribution is 9.10. The van der Waals surface area contributed by atoms with Crippen LogP contribution in [0.3, 0.4) is 0 Å². The van der Waals surface area contributed by atoms with Crippen LogP contribution >= 0.6 is 15.9 Å². The Morgan fingerprint density at radius 1 is 1.38 bits per heavy atom. The molecule has 2 aromatic rings. The molecule has 114 valence electrons. The predicted molar refractivity (Wildman–Crippen MR) is 85.4 cm³/mol. The molecule has 5 nitrogen and oxygen atoms in total. The zero-order chi connectivity index (χ0) is 15.2. The third-order valence-corrected chi connectivity index (χ3v) is 4.17. The summed E-state index contributed by atoms with van der Waals surface area (Å²) >= 11 is 3.62. The summed E-state index contributed by atoms with van der Waals surface area (Å²) in [6.07, 6.45) is 1.07. The molecule has 0 saturated carbocycles. The van der Waals surface area contributed by atoms with Gasteiger partial charge in [-0.15, -0.1) is 0 Å². The Hall–Kier alpha value is -1.24. The number of hydrogen-bond donors (Lipinski definition) is 1. The maximum atomic E-state index is 5.51. The molecule has 0 radical (unpaired) electrons. The van der Waals surface area contributed by atoms with Crippen molar-refractivity contribution in [3.8, 4) is 0 Å². The van der Waals surface area contributed by atoms with Gasteiger partial charge in [-0.3, -0.25) is 4.90 Å². The maximum absolute atomic E-state index is 5.51. The Balaban J connectivity index is 2.16. The zero-order valence-corrected chi connectivity index (χ0v) is 14.0. The van der Waals surface area contributed by atoms with Crippen molar-refractivity contribution in [2.24, 2.45) is 5.73 Å². The normalized spacial score (nSPS) is 12.8. The van der Waals surface area contributed by atoms with Crippen LogP contribution < -0.4 is 5.73 Å². The van der Waals surface area contributed by atoms with E-state index >= 15 is 0 Å². The number of benzene rings is 1. The van der Waals surface area contributed by atoms with E-state index in [2.05, 4.69) is 63.0 Å². The van der Waals surface area contributed by atoms with Crippen molar-refractivity contribution in [3.05, 3.63) is 46.0 Å². The molecule has 6 heteroatoms. The maximum Gasteiger partial charge on any atom is 0.240 e. The van der Waals surface area contributed by atoms with E-state index in [0.29, 0.717) is 18.3 Å². The number of halogens is 1. The van der Waals surface area contributed by atoms with E-state index in [0.717, 1.165) is 17.4 Å². The topological polar surface area (TPSA) is 68.2 Å². The Morgan fingerprint density at radius 2 is 2.14 bits per heavy atom. The van der Waals surface area contributed by atoms with Crippen molar-refractivity contribution in [1.82, 2.24) is 15.0 Å². The third kappa shape index (κ3) is 4.12. The Labute approximate surface area is 133 Å². The van der Waals surface area contributed by atoms with E-state index in [-0.39, 0.29) is 12.6 Å². The van der Waals surface area contributed by atoms with Crippen molar-refractivity contribution in [2.45, 2.75) is 39.4 Å². The molecule has 0 spiro atoms. The molecule has 21 heavy (non-hydrogen) atoms. The van der Waals surface area contributed by atoms with Gasteiger partial charge in [0, 0.05) is 10.5 Å². The Bertz CT molecular complexity index is 572. The van der Waals surface area contributed by atoms with E-state index < -0.39 is 0 Å². The summed E-state index contributed by atoms with van der Waals surface area (Å²) in [4.78, 5) is 6.63. The van der Waals surface area contributed by atoms with Crippen molar-refractivity contribution >= 4 is 15.9 Å². The van der Waals surface area contributed by atoms with Gasteiger partial charge in [0.1, 0.15) is 0 Å². The first-order chi connectivity index (χ1) is 10.2. The van der Waals surface area contributed by atoms with Crippen LogP contribution in [0.15, 0.2) is 33.3 Å². The quantitative estimate of drug-likeness (QED) is 0.828. The van der Waals surface area contributed by atoms with E-state index in [4.69, 9.17) is 10.3 Å². The monoisotopic (exact) mass is 352 g/mol. The average Bonchev–Trinajstić information content (AvgIpc) is 2.94. The van der Waals surface area contributed by atoms with Gasteiger partial charge >= 0.3 is 0 Å². The van der Waals surface area contributed by atoms with Crippen LogP contribution in [0.4, 0.5) is 0 Å². The molecule has 0 fully saturated rings. The fourth-order valence-corrected chi connectivity index (χ4v) is 2.94. The second-order valence-corrected chi connectivity index (χ2v) is 5.83. The first kappa shape index (κ1) is 16.1. The van der Waals surface area contributed by atoms with Gasteiger partial charge in [0.25, 0.3) is 0 Å². The largest absolute Gasteiger partial charge is 0.338 e. The fraction of sp³-hybridized carbons (Fsp3) is 0.467. The summed E-state index contributed by atoms with van der Waals surface area (Å²) < 4.78 is 6.20. The molecular formula is C15H21BrN4O. The summed E-state index contributed by atoms with van der Waals surface area (Å²) in [6.45, 7) is 6.26. The van der Waals surface area contributed by atoms with Crippen LogP contribution in [0.25, 0.3) is 0 Å². The SMILES string of the molecule is CCCN(Cc1noc(CN)n1)C(C)c1ccccc1Br. The minimum Gasteiger partial charge on any atom is -0.338 e. The summed E-state index contributed by atoms with van der Waals surface area (Å²) in [6, 6.07) is 8.55. The van der Waals surface area contributed by atoms with Crippen LogP contribution in [0.5, 0.6) is 0 Å². The van der Waals surface area contributed by atoms with Crippen LogP contribution in [0, 0.1) is 0 Å². The van der Waals surface area contributed by atoms with Gasteiger partial charge in [-0.05, 0) is 31.5 Å². The lowest BCUT2D eigenvalue weighted by Gasteiger charge is -2.28. The lowest BCUT2D eigenvalue weighted by molar-refractivity contribution is 0.193. The van der Waals surface area contributed by atoms with Gasteiger partial charge in [-0.2, -0.15) is 4.98 Å². The second kappa shape index (κ2) is 7.68. The van der Waals surface area contributed by atoms with Gasteiger partial charge < -0.3 is 10.3 Å². The van der Waals surface area contributed by atoms with Gasteiger partial charge in [0.2, 0.25) is 5.89 Å². The molecule has 1 aromatic carbocycles. The minimum absolute atomic E-state index is 0.264. The molecule has 1 unspecified atom stereocenters. The molecule has 0 aliphatic heterocycles. The molecule has 1 aromatic heterocycles. The Morgan fingerprint density at radius 3 is 2.76 bits per heavy atom. The van der Waals surface area contributed by atoms with Gasteiger partial charge in [-0.25, -0.2) is 0 Å². The van der Waals surface area contributed by atoms with Crippen molar-refractivity contribution in [1.29, 1.82) is 0 Å². The molecule has 0 aliphatic rings. The smallest absolute Gasteiger partial charge is 0.240 e. The fourth-order valence-electron chi connectivity index (χ4n) is 2.33. The van der Waals surface area contributed by atoms with Crippen molar-refractivity contribution in [2.75, 3.05) is 6.54 Å². The molecule has 0 aliphatic carbocycles. The standard InChI is InChI=1S/C15H21BrN4O/c1-3-8-20(10-14-18-15(9-17)21-19-14)11(2)12-6-4-5-7-13(12)16/h4-7,11H,3,8-10,17H2,1-2H3. The summed E-state index contributed by atoms with van der Waals surface area (Å²) in [5.41, 5.74) is 6.77. The van der Waals surface area contributed by atoms with Crippen LogP contribution in [-0.2, 0) is 13.1 Å². The second-order valence-electron chi connectivity index (χ2n) is 4.98. The molecule has 2 rings (SSSR count). The molecule has 2 N–H and O–H groups in total. The lowest BCUT2D eigenvalue weighted by atomic mass is 10.1. The molecule has 0 bridgehead atoms. The van der Waals surface area contributed by atoms with E-state index in [1.54, 1.807) is 0 Å². The first-order valence-corrected chi connectivity index (χ1v) is 7.95. The van der Waals surface area contributed by atoms with E-state index in [1.807, 2.05) is 6.07 Å². The predicted octanol–water partition coefficient (Wildman–Crippen LogP) is 3.26. The number of aromatic nitrogens is 2.